The van der Waals surface area contributed by atoms with Crippen LogP contribution in [0.1, 0.15) is 22.3 Å². The van der Waals surface area contributed by atoms with E-state index in [1.807, 2.05) is 12.3 Å². The number of nitrogens with one attached hydrogen (secondary N) is 1. The minimum Gasteiger partial charge on any atom is -0.360 e. The lowest BCUT2D eigenvalue weighted by Crippen LogP contribution is -2.34. The molecule has 1 aliphatic heterocycles. The molecular weight excluding hydrogens is 341 g/mol. The van der Waals surface area contributed by atoms with E-state index in [1.54, 1.807) is 11.0 Å². The number of halogens is 3. The summed E-state index contributed by atoms with van der Waals surface area (Å²) in [5, 5.41) is 0.929. The van der Waals surface area contributed by atoms with Crippen LogP contribution in [0.5, 0.6) is 0 Å². The first kappa shape index (κ1) is 16.4. The summed E-state index contributed by atoms with van der Waals surface area (Å²) in [6.45, 7) is 0.846. The largest absolute Gasteiger partial charge is 0.360 e. The Morgan fingerprint density at radius 2 is 1.88 bits per heavy atom. The maximum atomic E-state index is 13.3. The highest BCUT2D eigenvalue weighted by Gasteiger charge is 2.21. The SMILES string of the molecule is O=C(c1ccc(F)c(F)c1)N1CC=C(c2c[nH]c3cc(F)ccc23)CC1. The quantitative estimate of drug-likeness (QED) is 0.720. The molecule has 6 heteroatoms. The van der Waals surface area contributed by atoms with Crippen LogP contribution in [0.2, 0.25) is 0 Å². The number of aromatic amines is 1. The van der Waals surface area contributed by atoms with E-state index in [-0.39, 0.29) is 17.3 Å². The number of fused-ring (bicyclic) bond motifs is 1. The van der Waals surface area contributed by atoms with E-state index >= 15 is 0 Å². The van der Waals surface area contributed by atoms with Gasteiger partial charge in [-0.25, -0.2) is 13.2 Å². The number of amides is 1. The summed E-state index contributed by atoms with van der Waals surface area (Å²) < 4.78 is 39.7. The lowest BCUT2D eigenvalue weighted by atomic mass is 9.98. The highest BCUT2D eigenvalue weighted by molar-refractivity contribution is 5.96. The van der Waals surface area contributed by atoms with Crippen LogP contribution in [0.15, 0.2) is 48.7 Å². The van der Waals surface area contributed by atoms with Crippen molar-refractivity contribution in [3.8, 4) is 0 Å². The molecule has 0 saturated heterocycles. The maximum absolute atomic E-state index is 13.3. The zero-order valence-corrected chi connectivity index (χ0v) is 13.7. The standard InChI is InChI=1S/C20H15F3N2O/c21-14-2-3-15-16(11-24-19(15)10-14)12-5-7-25(8-6-12)20(26)13-1-4-17(22)18(23)9-13/h1-5,9-11,24H,6-8H2. The molecule has 0 unspecified atom stereocenters. The minimum absolute atomic E-state index is 0.128. The average molecular weight is 356 g/mol. The van der Waals surface area contributed by atoms with Gasteiger partial charge < -0.3 is 9.88 Å². The monoisotopic (exact) mass is 356 g/mol. The van der Waals surface area contributed by atoms with Gasteiger partial charge in [-0.1, -0.05) is 6.08 Å². The van der Waals surface area contributed by atoms with Crippen LogP contribution in [0.3, 0.4) is 0 Å². The van der Waals surface area contributed by atoms with Gasteiger partial charge in [-0.3, -0.25) is 4.79 Å². The van der Waals surface area contributed by atoms with E-state index in [4.69, 9.17) is 0 Å². The van der Waals surface area contributed by atoms with Crippen molar-refractivity contribution in [2.24, 2.45) is 0 Å². The number of hydrogen-bond acceptors (Lipinski definition) is 1. The van der Waals surface area contributed by atoms with Crippen molar-refractivity contribution < 1.29 is 18.0 Å². The molecule has 0 atom stereocenters. The zero-order chi connectivity index (χ0) is 18.3. The Hall–Kier alpha value is -3.02. The first-order valence-electron chi connectivity index (χ1n) is 8.23. The number of rotatable bonds is 2. The van der Waals surface area contributed by atoms with Crippen LogP contribution >= 0.6 is 0 Å². The predicted octanol–water partition coefficient (Wildman–Crippen LogP) is 4.51. The molecule has 0 bridgehead atoms. The van der Waals surface area contributed by atoms with Crippen LogP contribution in [-0.2, 0) is 0 Å². The summed E-state index contributed by atoms with van der Waals surface area (Å²) >= 11 is 0. The van der Waals surface area contributed by atoms with Crippen LogP contribution in [-0.4, -0.2) is 28.9 Å². The molecule has 26 heavy (non-hydrogen) atoms. The number of carbonyl (C=O) groups is 1. The zero-order valence-electron chi connectivity index (χ0n) is 13.7. The Labute approximate surface area is 147 Å². The van der Waals surface area contributed by atoms with Crippen molar-refractivity contribution in [1.29, 1.82) is 0 Å². The smallest absolute Gasteiger partial charge is 0.254 e. The van der Waals surface area contributed by atoms with Gasteiger partial charge in [-0.05, 0) is 48.4 Å². The molecule has 4 rings (SSSR count). The van der Waals surface area contributed by atoms with E-state index in [9.17, 15) is 18.0 Å². The molecule has 0 spiro atoms. The molecule has 0 saturated carbocycles. The fraction of sp³-hybridized carbons (Fsp3) is 0.150. The van der Waals surface area contributed by atoms with Crippen LogP contribution in [0.4, 0.5) is 13.2 Å². The van der Waals surface area contributed by atoms with Gasteiger partial charge in [-0.15, -0.1) is 0 Å². The predicted molar refractivity (Wildman–Crippen MR) is 93.1 cm³/mol. The van der Waals surface area contributed by atoms with Crippen LogP contribution < -0.4 is 0 Å². The summed E-state index contributed by atoms with van der Waals surface area (Å²) in [5.74, 6) is -2.64. The maximum Gasteiger partial charge on any atom is 0.254 e. The molecule has 1 N–H and O–H groups in total. The number of nitrogens with zero attached hydrogens (tertiary/aromatic N) is 1. The Balaban J connectivity index is 1.55. The first-order valence-corrected chi connectivity index (χ1v) is 8.23. The summed E-state index contributed by atoms with van der Waals surface area (Å²) in [4.78, 5) is 17.1. The average Bonchev–Trinajstić information content (AvgIpc) is 3.06. The molecule has 3 nitrogen and oxygen atoms in total. The molecule has 1 amide bonds. The number of hydrogen-bond donors (Lipinski definition) is 1. The molecule has 132 valence electrons. The van der Waals surface area contributed by atoms with Gasteiger partial charge in [0.15, 0.2) is 11.6 Å². The molecule has 0 fully saturated rings. The lowest BCUT2D eigenvalue weighted by Gasteiger charge is -2.26. The normalized spacial score (nSPS) is 14.6. The molecule has 3 aromatic rings. The molecule has 1 aliphatic rings. The third-order valence-electron chi connectivity index (χ3n) is 4.65. The van der Waals surface area contributed by atoms with Gasteiger partial charge in [-0.2, -0.15) is 0 Å². The topological polar surface area (TPSA) is 36.1 Å². The van der Waals surface area contributed by atoms with Crippen molar-refractivity contribution in [3.05, 3.63) is 77.2 Å². The van der Waals surface area contributed by atoms with Crippen molar-refractivity contribution in [1.82, 2.24) is 9.88 Å². The van der Waals surface area contributed by atoms with E-state index in [2.05, 4.69) is 4.98 Å². The Morgan fingerprint density at radius 3 is 2.62 bits per heavy atom. The van der Waals surface area contributed by atoms with E-state index in [0.29, 0.717) is 19.5 Å². The summed E-state index contributed by atoms with van der Waals surface area (Å²) in [5.41, 5.74) is 2.90. The highest BCUT2D eigenvalue weighted by Crippen LogP contribution is 2.30. The summed E-state index contributed by atoms with van der Waals surface area (Å²) in [6, 6.07) is 7.76. The van der Waals surface area contributed by atoms with Crippen molar-refractivity contribution in [3.63, 3.8) is 0 Å². The Kier molecular flexibility index (Phi) is 4.03. The third kappa shape index (κ3) is 2.87. The van der Waals surface area contributed by atoms with Gasteiger partial charge in [0.1, 0.15) is 5.82 Å². The molecular formula is C20H15F3N2O. The molecule has 0 aliphatic carbocycles. The second-order valence-corrected chi connectivity index (χ2v) is 6.25. The molecule has 2 aromatic carbocycles. The minimum atomic E-state index is -1.03. The van der Waals surface area contributed by atoms with Crippen molar-refractivity contribution in [2.75, 3.05) is 13.1 Å². The van der Waals surface area contributed by atoms with E-state index < -0.39 is 11.6 Å². The van der Waals surface area contributed by atoms with Crippen LogP contribution in [0, 0.1) is 17.5 Å². The van der Waals surface area contributed by atoms with Gasteiger partial charge in [0, 0.05) is 41.3 Å². The van der Waals surface area contributed by atoms with E-state index in [1.165, 1.54) is 18.2 Å². The van der Waals surface area contributed by atoms with Crippen molar-refractivity contribution >= 4 is 22.4 Å². The van der Waals surface area contributed by atoms with Gasteiger partial charge in [0.25, 0.3) is 5.91 Å². The molecule has 1 aromatic heterocycles. The van der Waals surface area contributed by atoms with Gasteiger partial charge in [0.2, 0.25) is 0 Å². The summed E-state index contributed by atoms with van der Waals surface area (Å²) in [7, 11) is 0. The van der Waals surface area contributed by atoms with E-state index in [0.717, 1.165) is 34.2 Å². The number of H-pyrrole nitrogens is 1. The third-order valence-corrected chi connectivity index (χ3v) is 4.65. The number of benzene rings is 2. The summed E-state index contributed by atoms with van der Waals surface area (Å²) in [6.07, 6.45) is 4.40. The second kappa shape index (κ2) is 6.37. The molecule has 0 radical (unpaired) electrons. The van der Waals surface area contributed by atoms with Crippen molar-refractivity contribution in [2.45, 2.75) is 6.42 Å². The van der Waals surface area contributed by atoms with Gasteiger partial charge in [0.05, 0.1) is 0 Å². The number of aromatic nitrogens is 1. The first-order chi connectivity index (χ1) is 12.5. The molecule has 2 heterocycles. The van der Waals surface area contributed by atoms with Crippen LogP contribution in [0.25, 0.3) is 16.5 Å². The Bertz CT molecular complexity index is 1040. The highest BCUT2D eigenvalue weighted by atomic mass is 19.2. The lowest BCUT2D eigenvalue weighted by molar-refractivity contribution is 0.0772. The fourth-order valence-electron chi connectivity index (χ4n) is 3.27. The Morgan fingerprint density at radius 1 is 1.04 bits per heavy atom. The second-order valence-electron chi connectivity index (χ2n) is 6.25. The fourth-order valence-corrected chi connectivity index (χ4v) is 3.27. The number of carbonyl (C=O) groups excluding carboxylic acids is 1. The van der Waals surface area contributed by atoms with Gasteiger partial charge >= 0.3 is 0 Å².